The number of aromatic amines is 1. The van der Waals surface area contributed by atoms with Crippen LogP contribution in [0.4, 0.5) is 5.69 Å². The molecular weight excluding hydrogens is 274 g/mol. The van der Waals surface area contributed by atoms with Gasteiger partial charge in [-0.3, -0.25) is 4.79 Å². The van der Waals surface area contributed by atoms with E-state index in [1.165, 1.54) is 0 Å². The van der Waals surface area contributed by atoms with Gasteiger partial charge in [-0.2, -0.15) is 0 Å². The number of nitrogens with zero attached hydrogens (tertiary/aromatic N) is 1. The molecule has 1 fully saturated rings. The van der Waals surface area contributed by atoms with Crippen molar-refractivity contribution in [3.63, 3.8) is 0 Å². The summed E-state index contributed by atoms with van der Waals surface area (Å²) >= 11 is 0. The van der Waals surface area contributed by atoms with Gasteiger partial charge >= 0.3 is 0 Å². The maximum absolute atomic E-state index is 12.5. The first-order chi connectivity index (χ1) is 10.8. The van der Waals surface area contributed by atoms with Crippen LogP contribution in [-0.4, -0.2) is 15.9 Å². The second kappa shape index (κ2) is 3.97. The number of anilines is 1. The standard InChI is InChI=1S/C18H15N3O/c22-17-18(7-4-8-18)15-13(21-17)10-20-16-14(15)12(9-19-16)11-5-2-1-3-6-11/h1-3,5-6,9-10H,4,7-8H2,(H,19,20)(H,21,22). The first-order valence-electron chi connectivity index (χ1n) is 7.67. The second-order valence-corrected chi connectivity index (χ2v) is 6.23. The predicted octanol–water partition coefficient (Wildman–Crippen LogP) is 3.60. The SMILES string of the molecule is O=C1Nc2cnc3[nH]cc(-c4ccccc4)c3c2C12CCC2. The molecule has 4 heteroatoms. The summed E-state index contributed by atoms with van der Waals surface area (Å²) in [5, 5.41) is 4.13. The van der Waals surface area contributed by atoms with E-state index in [2.05, 4.69) is 27.4 Å². The highest BCUT2D eigenvalue weighted by atomic mass is 16.2. The molecule has 0 unspecified atom stereocenters. The molecule has 3 heterocycles. The summed E-state index contributed by atoms with van der Waals surface area (Å²) in [5.74, 6) is 0.142. The summed E-state index contributed by atoms with van der Waals surface area (Å²) in [6, 6.07) is 10.3. The zero-order chi connectivity index (χ0) is 14.7. The average Bonchev–Trinajstić information content (AvgIpc) is 3.04. The van der Waals surface area contributed by atoms with Gasteiger partial charge in [0.05, 0.1) is 17.3 Å². The molecule has 0 atom stereocenters. The highest BCUT2D eigenvalue weighted by Crippen LogP contribution is 2.54. The van der Waals surface area contributed by atoms with Gasteiger partial charge in [0.15, 0.2) is 0 Å². The number of rotatable bonds is 1. The van der Waals surface area contributed by atoms with Gasteiger partial charge in [-0.05, 0) is 18.4 Å². The van der Waals surface area contributed by atoms with E-state index in [0.717, 1.165) is 52.7 Å². The number of hydrogen-bond acceptors (Lipinski definition) is 2. The fraction of sp³-hybridized carbons (Fsp3) is 0.222. The van der Waals surface area contributed by atoms with Crippen molar-refractivity contribution in [2.75, 3.05) is 5.32 Å². The molecule has 1 saturated carbocycles. The maximum Gasteiger partial charge on any atom is 0.235 e. The van der Waals surface area contributed by atoms with Crippen molar-refractivity contribution in [1.29, 1.82) is 0 Å². The minimum absolute atomic E-state index is 0.142. The molecule has 4 nitrogen and oxygen atoms in total. The molecule has 2 aliphatic rings. The van der Waals surface area contributed by atoms with E-state index in [1.54, 1.807) is 6.20 Å². The molecule has 1 aliphatic carbocycles. The van der Waals surface area contributed by atoms with Crippen LogP contribution < -0.4 is 5.32 Å². The van der Waals surface area contributed by atoms with Crippen LogP contribution in [0.1, 0.15) is 24.8 Å². The van der Waals surface area contributed by atoms with Crippen LogP contribution in [0.25, 0.3) is 22.2 Å². The van der Waals surface area contributed by atoms with Crippen molar-refractivity contribution in [3.05, 3.63) is 48.3 Å². The van der Waals surface area contributed by atoms with Crippen LogP contribution >= 0.6 is 0 Å². The number of pyridine rings is 1. The summed E-state index contributed by atoms with van der Waals surface area (Å²) in [6.07, 6.45) is 6.77. The van der Waals surface area contributed by atoms with Crippen molar-refractivity contribution in [2.45, 2.75) is 24.7 Å². The normalized spacial score (nSPS) is 18.3. The second-order valence-electron chi connectivity index (χ2n) is 6.23. The summed E-state index contributed by atoms with van der Waals surface area (Å²) in [6.45, 7) is 0. The van der Waals surface area contributed by atoms with Gasteiger partial charge in [0.1, 0.15) is 5.65 Å². The third kappa shape index (κ3) is 1.32. The van der Waals surface area contributed by atoms with Crippen LogP contribution in [0.3, 0.4) is 0 Å². The van der Waals surface area contributed by atoms with Crippen LogP contribution in [0.5, 0.6) is 0 Å². The minimum atomic E-state index is -0.331. The van der Waals surface area contributed by atoms with Crippen LogP contribution in [0.15, 0.2) is 42.7 Å². The number of amides is 1. The Morgan fingerprint density at radius 1 is 1.14 bits per heavy atom. The summed E-state index contributed by atoms with van der Waals surface area (Å²) in [5.41, 5.74) is 4.84. The molecule has 108 valence electrons. The molecule has 0 radical (unpaired) electrons. The lowest BCUT2D eigenvalue weighted by Crippen LogP contribution is -2.41. The molecule has 0 bridgehead atoms. The third-order valence-electron chi connectivity index (χ3n) is 5.15. The number of carbonyl (C=O) groups excluding carboxylic acids is 1. The zero-order valence-electron chi connectivity index (χ0n) is 12.0. The van der Waals surface area contributed by atoms with Crippen molar-refractivity contribution >= 4 is 22.6 Å². The molecule has 2 N–H and O–H groups in total. The number of carbonyl (C=O) groups is 1. The van der Waals surface area contributed by atoms with E-state index in [0.29, 0.717) is 0 Å². The number of nitrogens with one attached hydrogen (secondary N) is 2. The molecule has 1 aromatic carbocycles. The molecule has 1 aliphatic heterocycles. The van der Waals surface area contributed by atoms with Gasteiger partial charge < -0.3 is 10.3 Å². The monoisotopic (exact) mass is 289 g/mol. The number of H-pyrrole nitrogens is 1. The fourth-order valence-corrected chi connectivity index (χ4v) is 3.90. The Bertz CT molecular complexity index is 907. The van der Waals surface area contributed by atoms with E-state index in [4.69, 9.17) is 0 Å². The van der Waals surface area contributed by atoms with Crippen molar-refractivity contribution in [3.8, 4) is 11.1 Å². The van der Waals surface area contributed by atoms with Gasteiger partial charge in [0.25, 0.3) is 0 Å². The first-order valence-corrected chi connectivity index (χ1v) is 7.67. The first kappa shape index (κ1) is 12.0. The Labute approximate surface area is 127 Å². The lowest BCUT2D eigenvalue weighted by Gasteiger charge is -2.36. The van der Waals surface area contributed by atoms with Crippen LogP contribution in [-0.2, 0) is 10.2 Å². The molecule has 22 heavy (non-hydrogen) atoms. The molecule has 2 aromatic heterocycles. The topological polar surface area (TPSA) is 57.8 Å². The zero-order valence-corrected chi connectivity index (χ0v) is 12.0. The maximum atomic E-state index is 12.5. The van der Waals surface area contributed by atoms with E-state index in [-0.39, 0.29) is 11.3 Å². The van der Waals surface area contributed by atoms with E-state index < -0.39 is 0 Å². The summed E-state index contributed by atoms with van der Waals surface area (Å²) in [7, 11) is 0. The number of hydrogen-bond donors (Lipinski definition) is 2. The smallest absolute Gasteiger partial charge is 0.235 e. The lowest BCUT2D eigenvalue weighted by atomic mass is 9.64. The predicted molar refractivity (Wildman–Crippen MR) is 85.7 cm³/mol. The highest BCUT2D eigenvalue weighted by molar-refractivity contribution is 6.13. The Kier molecular flexibility index (Phi) is 2.16. The number of aromatic nitrogens is 2. The lowest BCUT2D eigenvalue weighted by molar-refractivity contribution is -0.123. The van der Waals surface area contributed by atoms with Gasteiger partial charge in [0, 0.05) is 22.7 Å². The Balaban J connectivity index is 1.86. The molecular formula is C18H15N3O. The molecule has 0 saturated heterocycles. The molecule has 1 amide bonds. The molecule has 1 spiro atoms. The van der Waals surface area contributed by atoms with E-state index in [1.807, 2.05) is 24.4 Å². The van der Waals surface area contributed by atoms with Crippen molar-refractivity contribution in [2.24, 2.45) is 0 Å². The van der Waals surface area contributed by atoms with Gasteiger partial charge in [-0.25, -0.2) is 4.98 Å². The van der Waals surface area contributed by atoms with Crippen molar-refractivity contribution < 1.29 is 4.79 Å². The third-order valence-corrected chi connectivity index (χ3v) is 5.15. The Morgan fingerprint density at radius 2 is 1.95 bits per heavy atom. The minimum Gasteiger partial charge on any atom is -0.346 e. The van der Waals surface area contributed by atoms with Gasteiger partial charge in [-0.1, -0.05) is 36.8 Å². The Morgan fingerprint density at radius 3 is 2.68 bits per heavy atom. The number of fused-ring (bicyclic) bond motifs is 4. The summed E-state index contributed by atoms with van der Waals surface area (Å²) in [4.78, 5) is 20.3. The van der Waals surface area contributed by atoms with Crippen LogP contribution in [0, 0.1) is 0 Å². The van der Waals surface area contributed by atoms with Crippen LogP contribution in [0.2, 0.25) is 0 Å². The quantitative estimate of drug-likeness (QED) is 0.719. The van der Waals surface area contributed by atoms with E-state index in [9.17, 15) is 4.79 Å². The largest absolute Gasteiger partial charge is 0.346 e. The number of benzene rings is 1. The van der Waals surface area contributed by atoms with Gasteiger partial charge in [0.2, 0.25) is 5.91 Å². The Hall–Kier alpha value is -2.62. The van der Waals surface area contributed by atoms with Gasteiger partial charge in [-0.15, -0.1) is 0 Å². The fourth-order valence-electron chi connectivity index (χ4n) is 3.90. The van der Waals surface area contributed by atoms with Crippen molar-refractivity contribution in [1.82, 2.24) is 9.97 Å². The average molecular weight is 289 g/mol. The summed E-state index contributed by atoms with van der Waals surface area (Å²) < 4.78 is 0. The molecule has 5 rings (SSSR count). The highest BCUT2D eigenvalue weighted by Gasteiger charge is 2.52. The molecule has 3 aromatic rings. The van der Waals surface area contributed by atoms with E-state index >= 15 is 0 Å².